The SMILES string of the molecule is CC(=NNC(=O)CN1C(=O)CSc2ccccc21)c1ccco1. The van der Waals surface area contributed by atoms with Gasteiger partial charge in [-0.3, -0.25) is 9.59 Å². The number of nitrogens with one attached hydrogen (secondary N) is 1. The molecule has 0 saturated heterocycles. The Hall–Kier alpha value is -2.54. The molecule has 0 aliphatic carbocycles. The normalized spacial score (nSPS) is 14.6. The minimum Gasteiger partial charge on any atom is -0.463 e. The summed E-state index contributed by atoms with van der Waals surface area (Å²) >= 11 is 1.48. The molecule has 0 bridgehead atoms. The molecule has 0 radical (unpaired) electrons. The van der Waals surface area contributed by atoms with E-state index in [4.69, 9.17) is 4.42 Å². The molecule has 2 heterocycles. The van der Waals surface area contributed by atoms with Crippen LogP contribution in [0.2, 0.25) is 0 Å². The number of hydrogen-bond donors (Lipinski definition) is 1. The quantitative estimate of drug-likeness (QED) is 0.690. The van der Waals surface area contributed by atoms with Crippen molar-refractivity contribution >= 4 is 35.0 Å². The van der Waals surface area contributed by atoms with Crippen LogP contribution < -0.4 is 10.3 Å². The fourth-order valence-corrected chi connectivity index (χ4v) is 3.13. The van der Waals surface area contributed by atoms with E-state index in [1.807, 2.05) is 24.3 Å². The number of amides is 2. The molecule has 0 fully saturated rings. The minimum atomic E-state index is -0.356. The number of furan rings is 1. The van der Waals surface area contributed by atoms with Crippen LogP contribution in [0, 0.1) is 0 Å². The summed E-state index contributed by atoms with van der Waals surface area (Å²) in [5, 5.41) is 3.99. The number of anilines is 1. The van der Waals surface area contributed by atoms with Crippen molar-refractivity contribution in [2.45, 2.75) is 11.8 Å². The van der Waals surface area contributed by atoms with Gasteiger partial charge in [-0.2, -0.15) is 5.10 Å². The van der Waals surface area contributed by atoms with E-state index < -0.39 is 0 Å². The van der Waals surface area contributed by atoms with E-state index >= 15 is 0 Å². The van der Waals surface area contributed by atoms with Crippen LogP contribution in [0.3, 0.4) is 0 Å². The maximum absolute atomic E-state index is 12.1. The van der Waals surface area contributed by atoms with Crippen LogP contribution in [-0.4, -0.2) is 29.8 Å². The zero-order chi connectivity index (χ0) is 16.2. The smallest absolute Gasteiger partial charge is 0.260 e. The van der Waals surface area contributed by atoms with Crippen LogP contribution >= 0.6 is 11.8 Å². The molecular weight excluding hydrogens is 314 g/mol. The van der Waals surface area contributed by atoms with Gasteiger partial charge in [-0.25, -0.2) is 5.43 Å². The summed E-state index contributed by atoms with van der Waals surface area (Å²) in [6, 6.07) is 11.0. The Morgan fingerprint density at radius 2 is 2.17 bits per heavy atom. The highest BCUT2D eigenvalue weighted by molar-refractivity contribution is 8.00. The fourth-order valence-electron chi connectivity index (χ4n) is 2.19. The van der Waals surface area contributed by atoms with Gasteiger partial charge in [0.15, 0.2) is 0 Å². The van der Waals surface area contributed by atoms with Gasteiger partial charge < -0.3 is 9.32 Å². The molecule has 2 aromatic rings. The Morgan fingerprint density at radius 1 is 1.35 bits per heavy atom. The Kier molecular flexibility index (Phi) is 4.47. The molecule has 7 heteroatoms. The Morgan fingerprint density at radius 3 is 2.96 bits per heavy atom. The molecule has 1 N–H and O–H groups in total. The van der Waals surface area contributed by atoms with E-state index in [0.717, 1.165) is 10.6 Å². The number of benzene rings is 1. The summed E-state index contributed by atoms with van der Waals surface area (Å²) in [6.07, 6.45) is 1.54. The van der Waals surface area contributed by atoms with Gasteiger partial charge in [0.05, 0.1) is 17.7 Å². The van der Waals surface area contributed by atoms with Crippen molar-refractivity contribution in [3.63, 3.8) is 0 Å². The molecule has 1 aliphatic heterocycles. The van der Waals surface area contributed by atoms with Crippen molar-refractivity contribution in [1.82, 2.24) is 5.43 Å². The van der Waals surface area contributed by atoms with Gasteiger partial charge in [0.25, 0.3) is 5.91 Å². The van der Waals surface area contributed by atoms with Crippen molar-refractivity contribution in [2.75, 3.05) is 17.2 Å². The second kappa shape index (κ2) is 6.70. The van der Waals surface area contributed by atoms with Crippen molar-refractivity contribution < 1.29 is 14.0 Å². The number of carbonyl (C=O) groups excluding carboxylic acids is 2. The lowest BCUT2D eigenvalue weighted by Gasteiger charge is -2.27. The number of hydrazone groups is 1. The number of rotatable bonds is 4. The maximum Gasteiger partial charge on any atom is 0.260 e. The van der Waals surface area contributed by atoms with Crippen LogP contribution in [0.15, 0.2) is 57.1 Å². The Labute approximate surface area is 137 Å². The van der Waals surface area contributed by atoms with Gasteiger partial charge in [-0.05, 0) is 31.2 Å². The van der Waals surface area contributed by atoms with Crippen LogP contribution in [0.1, 0.15) is 12.7 Å². The summed E-state index contributed by atoms with van der Waals surface area (Å²) in [5.41, 5.74) is 3.78. The van der Waals surface area contributed by atoms with Crippen LogP contribution in [0.25, 0.3) is 0 Å². The van der Waals surface area contributed by atoms with Gasteiger partial charge in [0.2, 0.25) is 5.91 Å². The summed E-state index contributed by atoms with van der Waals surface area (Å²) in [4.78, 5) is 26.7. The Balaban J connectivity index is 1.68. The van der Waals surface area contributed by atoms with Crippen molar-refractivity contribution in [3.05, 3.63) is 48.4 Å². The van der Waals surface area contributed by atoms with Gasteiger partial charge in [-0.1, -0.05) is 12.1 Å². The zero-order valence-corrected chi connectivity index (χ0v) is 13.3. The summed E-state index contributed by atoms with van der Waals surface area (Å²) < 4.78 is 5.19. The number of nitrogens with zero attached hydrogens (tertiary/aromatic N) is 2. The van der Waals surface area contributed by atoms with E-state index in [1.165, 1.54) is 22.9 Å². The van der Waals surface area contributed by atoms with Crippen LogP contribution in [0.4, 0.5) is 5.69 Å². The second-order valence-electron chi connectivity index (χ2n) is 4.95. The largest absolute Gasteiger partial charge is 0.463 e. The minimum absolute atomic E-state index is 0.0641. The summed E-state index contributed by atoms with van der Waals surface area (Å²) in [5.74, 6) is 0.474. The lowest BCUT2D eigenvalue weighted by molar-refractivity contribution is -0.122. The molecule has 0 atom stereocenters. The molecule has 2 amide bonds. The highest BCUT2D eigenvalue weighted by Gasteiger charge is 2.26. The van der Waals surface area contributed by atoms with E-state index in [1.54, 1.807) is 19.1 Å². The van der Waals surface area contributed by atoms with Crippen LogP contribution in [-0.2, 0) is 9.59 Å². The molecule has 3 rings (SSSR count). The van der Waals surface area contributed by atoms with Crippen LogP contribution in [0.5, 0.6) is 0 Å². The molecular formula is C16H15N3O3S. The van der Waals surface area contributed by atoms with Gasteiger partial charge in [0, 0.05) is 4.90 Å². The molecule has 0 unspecified atom stereocenters. The first-order chi connectivity index (χ1) is 11.1. The molecule has 6 nitrogen and oxygen atoms in total. The molecule has 23 heavy (non-hydrogen) atoms. The predicted octanol–water partition coefficient (Wildman–Crippen LogP) is 2.26. The predicted molar refractivity (Wildman–Crippen MR) is 88.6 cm³/mol. The van der Waals surface area contributed by atoms with Gasteiger partial charge >= 0.3 is 0 Å². The van der Waals surface area contributed by atoms with Gasteiger partial charge in [-0.15, -0.1) is 11.8 Å². The fraction of sp³-hybridized carbons (Fsp3) is 0.188. The third-order valence-electron chi connectivity index (χ3n) is 3.34. The first-order valence-corrected chi connectivity index (χ1v) is 8.03. The third-order valence-corrected chi connectivity index (χ3v) is 4.38. The average Bonchev–Trinajstić information content (AvgIpc) is 3.10. The highest BCUT2D eigenvalue weighted by Crippen LogP contribution is 2.34. The number of hydrogen-bond acceptors (Lipinski definition) is 5. The van der Waals surface area contributed by atoms with Crippen molar-refractivity contribution in [2.24, 2.45) is 5.10 Å². The van der Waals surface area contributed by atoms with E-state index in [0.29, 0.717) is 17.2 Å². The first kappa shape index (κ1) is 15.4. The number of para-hydroxylation sites is 1. The summed E-state index contributed by atoms with van der Waals surface area (Å²) in [7, 11) is 0. The number of fused-ring (bicyclic) bond motifs is 1. The van der Waals surface area contributed by atoms with Crippen molar-refractivity contribution in [3.8, 4) is 0 Å². The van der Waals surface area contributed by atoms with Gasteiger partial charge in [0.1, 0.15) is 18.0 Å². The molecule has 1 aromatic heterocycles. The van der Waals surface area contributed by atoms with E-state index in [9.17, 15) is 9.59 Å². The zero-order valence-electron chi connectivity index (χ0n) is 12.5. The maximum atomic E-state index is 12.1. The van der Waals surface area contributed by atoms with Crippen molar-refractivity contribution in [1.29, 1.82) is 0 Å². The van der Waals surface area contributed by atoms with E-state index in [-0.39, 0.29) is 18.4 Å². The second-order valence-corrected chi connectivity index (χ2v) is 5.96. The molecule has 0 saturated carbocycles. The molecule has 118 valence electrons. The number of carbonyl (C=O) groups is 2. The molecule has 0 spiro atoms. The standard InChI is InChI=1S/C16H15N3O3S/c1-11(13-6-4-8-22-13)17-18-15(20)9-19-12-5-2-3-7-14(12)23-10-16(19)21/h2-8H,9-10H2,1H3,(H,18,20). The molecule has 1 aromatic carbocycles. The monoisotopic (exact) mass is 329 g/mol. The topological polar surface area (TPSA) is 74.9 Å². The lowest BCUT2D eigenvalue weighted by atomic mass is 10.2. The average molecular weight is 329 g/mol. The number of thioether (sulfide) groups is 1. The lowest BCUT2D eigenvalue weighted by Crippen LogP contribution is -2.42. The third kappa shape index (κ3) is 3.45. The first-order valence-electron chi connectivity index (χ1n) is 7.04. The molecule has 1 aliphatic rings. The summed E-state index contributed by atoms with van der Waals surface area (Å²) in [6.45, 7) is 1.67. The van der Waals surface area contributed by atoms with E-state index in [2.05, 4.69) is 10.5 Å². The highest BCUT2D eigenvalue weighted by atomic mass is 32.2. The Bertz CT molecular complexity index is 756.